The summed E-state index contributed by atoms with van der Waals surface area (Å²) in [4.78, 5) is 0. The fraction of sp³-hybridized carbons (Fsp3) is 0.143. The van der Waals surface area contributed by atoms with Crippen LogP contribution in [0.4, 0.5) is 0 Å². The van der Waals surface area contributed by atoms with E-state index in [0.29, 0.717) is 0 Å². The maximum atomic E-state index is 2.25. The monoisotopic (exact) mass is 272 g/mol. The summed E-state index contributed by atoms with van der Waals surface area (Å²) in [5.74, 6) is 0. The summed E-state index contributed by atoms with van der Waals surface area (Å²) in [6, 6.07) is 23.9. The van der Waals surface area contributed by atoms with E-state index in [9.17, 15) is 0 Å². The van der Waals surface area contributed by atoms with E-state index in [1.54, 1.807) is 0 Å². The zero-order chi connectivity index (χ0) is 14.8. The Balaban J connectivity index is 2.11. The highest BCUT2D eigenvalue weighted by atomic mass is 14.1. The highest BCUT2D eigenvalue weighted by Gasteiger charge is 2.09. The van der Waals surface area contributed by atoms with Crippen molar-refractivity contribution in [1.82, 2.24) is 0 Å². The van der Waals surface area contributed by atoms with E-state index in [1.165, 1.54) is 38.9 Å². The molecule has 0 aliphatic heterocycles. The first-order valence-corrected chi connectivity index (χ1v) is 7.39. The Hall–Kier alpha value is -2.34. The molecule has 104 valence electrons. The van der Waals surface area contributed by atoms with Crippen molar-refractivity contribution < 1.29 is 0 Å². The number of benzene rings is 3. The fourth-order valence-electron chi connectivity index (χ4n) is 2.80. The van der Waals surface area contributed by atoms with Gasteiger partial charge in [0.1, 0.15) is 0 Å². The number of hydrogen-bond acceptors (Lipinski definition) is 0. The van der Waals surface area contributed by atoms with Crippen LogP contribution in [0.3, 0.4) is 0 Å². The van der Waals surface area contributed by atoms with Crippen molar-refractivity contribution in [3.05, 3.63) is 83.4 Å². The Labute approximate surface area is 127 Å². The molecule has 3 aromatic carbocycles. The van der Waals surface area contributed by atoms with Crippen molar-refractivity contribution in [2.75, 3.05) is 0 Å². The Morgan fingerprint density at radius 3 is 1.48 bits per heavy atom. The van der Waals surface area contributed by atoms with Crippen molar-refractivity contribution in [3.8, 4) is 22.3 Å². The van der Waals surface area contributed by atoms with E-state index in [-0.39, 0.29) is 0 Å². The Kier molecular flexibility index (Phi) is 3.62. The largest absolute Gasteiger partial charge is 0.0622 e. The predicted octanol–water partition coefficient (Wildman–Crippen LogP) is 5.95. The topological polar surface area (TPSA) is 0 Å². The lowest BCUT2D eigenvalue weighted by molar-refractivity contribution is 1.33. The molecular formula is C21H20. The van der Waals surface area contributed by atoms with Crippen LogP contribution in [-0.2, 0) is 0 Å². The van der Waals surface area contributed by atoms with E-state index >= 15 is 0 Å². The van der Waals surface area contributed by atoms with Gasteiger partial charge in [0, 0.05) is 0 Å². The molecule has 21 heavy (non-hydrogen) atoms. The molecule has 0 N–H and O–H groups in total. The molecule has 0 amide bonds. The molecule has 0 radical (unpaired) electrons. The van der Waals surface area contributed by atoms with Crippen LogP contribution in [0.15, 0.2) is 66.7 Å². The van der Waals surface area contributed by atoms with Gasteiger partial charge in [0.25, 0.3) is 0 Å². The maximum Gasteiger partial charge on any atom is -0.0152 e. The van der Waals surface area contributed by atoms with Gasteiger partial charge in [0.15, 0.2) is 0 Å². The fourth-order valence-corrected chi connectivity index (χ4v) is 2.80. The van der Waals surface area contributed by atoms with Crippen molar-refractivity contribution >= 4 is 0 Å². The first-order chi connectivity index (χ1) is 10.2. The molecule has 0 unspecified atom stereocenters. The molecule has 0 heterocycles. The minimum atomic E-state index is 1.29. The Morgan fingerprint density at radius 1 is 0.476 bits per heavy atom. The quantitative estimate of drug-likeness (QED) is 0.541. The van der Waals surface area contributed by atoms with Gasteiger partial charge in [-0.05, 0) is 54.2 Å². The lowest BCUT2D eigenvalue weighted by atomic mass is 9.90. The van der Waals surface area contributed by atoms with Crippen LogP contribution in [0.1, 0.15) is 16.7 Å². The van der Waals surface area contributed by atoms with Gasteiger partial charge in [0.2, 0.25) is 0 Å². The highest BCUT2D eigenvalue weighted by molar-refractivity contribution is 5.76. The van der Waals surface area contributed by atoms with Crippen LogP contribution < -0.4 is 0 Å². The van der Waals surface area contributed by atoms with Gasteiger partial charge in [-0.15, -0.1) is 0 Å². The molecule has 0 atom stereocenters. The summed E-state index contributed by atoms with van der Waals surface area (Å²) < 4.78 is 0. The Morgan fingerprint density at radius 2 is 0.952 bits per heavy atom. The van der Waals surface area contributed by atoms with Crippen molar-refractivity contribution in [3.63, 3.8) is 0 Å². The van der Waals surface area contributed by atoms with Crippen LogP contribution >= 0.6 is 0 Å². The standard InChI is InChI=1S/C21H20/c1-15-9-11-19(12-10-15)21-14-13-20(16(2)17(21)3)18-7-5-4-6-8-18/h4-14H,1-3H3. The van der Waals surface area contributed by atoms with Gasteiger partial charge < -0.3 is 0 Å². The molecule has 0 spiro atoms. The molecule has 0 aromatic heterocycles. The summed E-state index contributed by atoms with van der Waals surface area (Å²) in [5.41, 5.74) is 9.25. The number of rotatable bonds is 2. The van der Waals surface area contributed by atoms with Gasteiger partial charge in [0.05, 0.1) is 0 Å². The van der Waals surface area contributed by atoms with Crippen LogP contribution in [0, 0.1) is 20.8 Å². The van der Waals surface area contributed by atoms with Crippen molar-refractivity contribution in [2.45, 2.75) is 20.8 Å². The molecule has 0 aliphatic rings. The molecule has 0 saturated heterocycles. The molecule has 0 heteroatoms. The minimum absolute atomic E-state index is 1.29. The van der Waals surface area contributed by atoms with Gasteiger partial charge in [-0.2, -0.15) is 0 Å². The van der Waals surface area contributed by atoms with E-state index in [4.69, 9.17) is 0 Å². The van der Waals surface area contributed by atoms with E-state index in [1.807, 2.05) is 0 Å². The second-order valence-corrected chi connectivity index (χ2v) is 5.64. The molecule has 3 rings (SSSR count). The molecule has 0 bridgehead atoms. The van der Waals surface area contributed by atoms with E-state index in [2.05, 4.69) is 87.5 Å². The zero-order valence-corrected chi connectivity index (χ0v) is 12.9. The third-order valence-corrected chi connectivity index (χ3v) is 4.23. The zero-order valence-electron chi connectivity index (χ0n) is 12.9. The summed E-state index contributed by atoms with van der Waals surface area (Å²) >= 11 is 0. The minimum Gasteiger partial charge on any atom is -0.0622 e. The SMILES string of the molecule is Cc1ccc(-c2ccc(-c3ccccc3)c(C)c2C)cc1. The third kappa shape index (κ3) is 2.62. The van der Waals surface area contributed by atoms with Gasteiger partial charge in [-0.3, -0.25) is 0 Å². The van der Waals surface area contributed by atoms with Crippen LogP contribution in [0.2, 0.25) is 0 Å². The number of hydrogen-bond donors (Lipinski definition) is 0. The highest BCUT2D eigenvalue weighted by Crippen LogP contribution is 2.32. The first-order valence-electron chi connectivity index (χ1n) is 7.39. The van der Waals surface area contributed by atoms with Crippen molar-refractivity contribution in [2.24, 2.45) is 0 Å². The second-order valence-electron chi connectivity index (χ2n) is 5.64. The van der Waals surface area contributed by atoms with Crippen molar-refractivity contribution in [1.29, 1.82) is 0 Å². The first kappa shape index (κ1) is 13.6. The molecular weight excluding hydrogens is 252 g/mol. The average molecular weight is 272 g/mol. The average Bonchev–Trinajstić information content (AvgIpc) is 2.52. The van der Waals surface area contributed by atoms with Gasteiger partial charge in [-0.25, -0.2) is 0 Å². The smallest absolute Gasteiger partial charge is 0.0152 e. The maximum absolute atomic E-state index is 2.25. The van der Waals surface area contributed by atoms with E-state index in [0.717, 1.165) is 0 Å². The second kappa shape index (κ2) is 5.57. The van der Waals surface area contributed by atoms with Gasteiger partial charge in [-0.1, -0.05) is 72.3 Å². The predicted molar refractivity (Wildman–Crippen MR) is 91.5 cm³/mol. The van der Waals surface area contributed by atoms with Crippen LogP contribution in [-0.4, -0.2) is 0 Å². The van der Waals surface area contributed by atoms with Crippen LogP contribution in [0.5, 0.6) is 0 Å². The summed E-state index contributed by atoms with van der Waals surface area (Å²) in [6.45, 7) is 6.56. The summed E-state index contributed by atoms with van der Waals surface area (Å²) in [7, 11) is 0. The summed E-state index contributed by atoms with van der Waals surface area (Å²) in [5, 5.41) is 0. The molecule has 0 aliphatic carbocycles. The third-order valence-electron chi connectivity index (χ3n) is 4.23. The lowest BCUT2D eigenvalue weighted by Crippen LogP contribution is -1.91. The Bertz CT molecular complexity index is 750. The van der Waals surface area contributed by atoms with Crippen LogP contribution in [0.25, 0.3) is 22.3 Å². The summed E-state index contributed by atoms with van der Waals surface area (Å²) in [6.07, 6.45) is 0. The molecule has 0 fully saturated rings. The normalized spacial score (nSPS) is 10.6. The molecule has 3 aromatic rings. The van der Waals surface area contributed by atoms with Gasteiger partial charge >= 0.3 is 0 Å². The molecule has 0 nitrogen and oxygen atoms in total. The lowest BCUT2D eigenvalue weighted by Gasteiger charge is -2.14. The number of aryl methyl sites for hydroxylation is 1. The molecule has 0 saturated carbocycles. The van der Waals surface area contributed by atoms with E-state index < -0.39 is 0 Å².